The second-order valence-electron chi connectivity index (χ2n) is 7.04. The first-order valence-corrected chi connectivity index (χ1v) is 9.16. The molecule has 0 fully saturated rings. The van der Waals surface area contributed by atoms with Crippen LogP contribution in [-0.4, -0.2) is 17.0 Å². The lowest BCUT2D eigenvalue weighted by Crippen LogP contribution is -2.28. The maximum absolute atomic E-state index is 11.9. The Morgan fingerprint density at radius 3 is 2.71 bits per heavy atom. The molecule has 6 heteroatoms. The van der Waals surface area contributed by atoms with Gasteiger partial charge in [-0.25, -0.2) is 0 Å². The highest BCUT2D eigenvalue weighted by atomic mass is 32.1. The van der Waals surface area contributed by atoms with Crippen LogP contribution in [0.5, 0.6) is 0 Å². The first kappa shape index (κ1) is 18.5. The third kappa shape index (κ3) is 3.96. The Bertz CT molecular complexity index is 685. The normalized spacial score (nSPS) is 17.0. The van der Waals surface area contributed by atoms with Crippen LogP contribution < -0.4 is 5.32 Å². The number of nitriles is 1. The SMILES string of the molecule is CCC(C)(C)[C@H]1CCc2c(sc(NC(=O)CCC(=O)O)c2C#N)C1. The number of carboxylic acids is 1. The van der Waals surface area contributed by atoms with Gasteiger partial charge >= 0.3 is 5.97 Å². The Morgan fingerprint density at radius 2 is 2.12 bits per heavy atom. The van der Waals surface area contributed by atoms with Gasteiger partial charge in [-0.15, -0.1) is 11.3 Å². The van der Waals surface area contributed by atoms with Crippen molar-refractivity contribution in [2.75, 3.05) is 5.32 Å². The van der Waals surface area contributed by atoms with Crippen LogP contribution in [0.4, 0.5) is 5.00 Å². The Kier molecular flexibility index (Phi) is 5.66. The third-order valence-corrected chi connectivity index (χ3v) is 6.38. The van der Waals surface area contributed by atoms with E-state index in [4.69, 9.17) is 5.11 Å². The second kappa shape index (κ2) is 7.35. The molecule has 0 saturated heterocycles. The lowest BCUT2D eigenvalue weighted by atomic mass is 9.69. The Morgan fingerprint density at radius 1 is 1.42 bits per heavy atom. The summed E-state index contributed by atoms with van der Waals surface area (Å²) in [6, 6.07) is 2.22. The predicted molar refractivity (Wildman–Crippen MR) is 94.1 cm³/mol. The van der Waals surface area contributed by atoms with Crippen LogP contribution >= 0.6 is 11.3 Å². The zero-order valence-corrected chi connectivity index (χ0v) is 15.3. The standard InChI is InChI=1S/C18H24N2O3S/c1-4-18(2,3)11-5-6-12-13(10-19)17(24-14(12)9-11)20-15(21)7-8-16(22)23/h11H,4-9H2,1-3H3,(H,20,21)(H,22,23)/t11-/m0/s1. The minimum atomic E-state index is -0.999. The van der Waals surface area contributed by atoms with E-state index >= 15 is 0 Å². The van der Waals surface area contributed by atoms with Crippen molar-refractivity contribution in [3.05, 3.63) is 16.0 Å². The lowest BCUT2D eigenvalue weighted by molar-refractivity contribution is -0.138. The fraction of sp³-hybridized carbons (Fsp3) is 0.611. The molecule has 24 heavy (non-hydrogen) atoms. The average Bonchev–Trinajstić information content (AvgIpc) is 2.88. The van der Waals surface area contributed by atoms with E-state index in [1.165, 1.54) is 16.2 Å². The van der Waals surface area contributed by atoms with E-state index in [9.17, 15) is 14.9 Å². The maximum atomic E-state index is 11.9. The van der Waals surface area contributed by atoms with Gasteiger partial charge in [0.2, 0.25) is 5.91 Å². The largest absolute Gasteiger partial charge is 0.481 e. The molecule has 0 aliphatic heterocycles. The number of thiophene rings is 1. The van der Waals surface area contributed by atoms with Crippen LogP contribution in [0.1, 0.15) is 62.5 Å². The summed E-state index contributed by atoms with van der Waals surface area (Å²) in [5.74, 6) is -0.769. The molecule has 1 amide bonds. The third-order valence-electron chi connectivity index (χ3n) is 5.21. The minimum Gasteiger partial charge on any atom is -0.481 e. The fourth-order valence-corrected chi connectivity index (χ4v) is 4.45. The highest BCUT2D eigenvalue weighted by molar-refractivity contribution is 7.16. The molecule has 1 aliphatic carbocycles. The van der Waals surface area contributed by atoms with Gasteiger partial charge in [0, 0.05) is 11.3 Å². The lowest BCUT2D eigenvalue weighted by Gasteiger charge is -2.36. The number of nitrogens with one attached hydrogen (secondary N) is 1. The summed E-state index contributed by atoms with van der Waals surface area (Å²) < 4.78 is 0. The summed E-state index contributed by atoms with van der Waals surface area (Å²) in [4.78, 5) is 23.7. The summed E-state index contributed by atoms with van der Waals surface area (Å²) in [6.45, 7) is 6.78. The number of nitrogens with zero attached hydrogens (tertiary/aromatic N) is 1. The molecule has 0 saturated carbocycles. The first-order valence-electron chi connectivity index (χ1n) is 8.34. The summed E-state index contributed by atoms with van der Waals surface area (Å²) in [7, 11) is 0. The van der Waals surface area contributed by atoms with Crippen LogP contribution in [0.2, 0.25) is 0 Å². The van der Waals surface area contributed by atoms with Crippen LogP contribution in [0.15, 0.2) is 0 Å². The minimum absolute atomic E-state index is 0.0751. The molecule has 0 spiro atoms. The van der Waals surface area contributed by atoms with Crippen molar-refractivity contribution in [2.24, 2.45) is 11.3 Å². The van der Waals surface area contributed by atoms with E-state index in [0.29, 0.717) is 16.5 Å². The van der Waals surface area contributed by atoms with E-state index in [-0.39, 0.29) is 24.2 Å². The Hall–Kier alpha value is -1.87. The van der Waals surface area contributed by atoms with Gasteiger partial charge in [-0.3, -0.25) is 9.59 Å². The van der Waals surface area contributed by atoms with Crippen molar-refractivity contribution in [1.29, 1.82) is 5.26 Å². The summed E-state index contributed by atoms with van der Waals surface area (Å²) >= 11 is 1.48. The molecule has 1 aromatic rings. The van der Waals surface area contributed by atoms with Gasteiger partial charge in [0.15, 0.2) is 0 Å². The molecule has 1 aliphatic rings. The number of aliphatic carboxylic acids is 1. The van der Waals surface area contributed by atoms with Crippen LogP contribution in [0, 0.1) is 22.7 Å². The van der Waals surface area contributed by atoms with Gasteiger partial charge < -0.3 is 10.4 Å². The molecule has 5 nitrogen and oxygen atoms in total. The monoisotopic (exact) mass is 348 g/mol. The number of rotatable bonds is 6. The second-order valence-corrected chi connectivity index (χ2v) is 8.15. The average molecular weight is 348 g/mol. The molecular formula is C18H24N2O3S. The van der Waals surface area contributed by atoms with E-state index in [0.717, 1.165) is 31.2 Å². The van der Waals surface area contributed by atoms with E-state index in [1.807, 2.05) is 0 Å². The van der Waals surface area contributed by atoms with Gasteiger partial charge in [0.05, 0.1) is 12.0 Å². The van der Waals surface area contributed by atoms with Crippen molar-refractivity contribution in [3.63, 3.8) is 0 Å². The quantitative estimate of drug-likeness (QED) is 0.814. The molecule has 0 unspecified atom stereocenters. The molecule has 0 radical (unpaired) electrons. The molecule has 1 heterocycles. The smallest absolute Gasteiger partial charge is 0.303 e. The molecule has 1 atom stereocenters. The number of carboxylic acid groups (broad SMARTS) is 1. The van der Waals surface area contributed by atoms with E-state index in [2.05, 4.69) is 32.2 Å². The highest BCUT2D eigenvalue weighted by Crippen LogP contribution is 2.45. The van der Waals surface area contributed by atoms with Gasteiger partial charge in [0.25, 0.3) is 0 Å². The van der Waals surface area contributed by atoms with E-state index < -0.39 is 5.97 Å². The van der Waals surface area contributed by atoms with Crippen molar-refractivity contribution >= 4 is 28.2 Å². The Labute approximate surface area is 146 Å². The molecule has 1 aromatic heterocycles. The zero-order valence-electron chi connectivity index (χ0n) is 14.4. The number of carbonyl (C=O) groups excluding carboxylic acids is 1. The summed E-state index contributed by atoms with van der Waals surface area (Å²) in [5, 5.41) is 21.5. The topological polar surface area (TPSA) is 90.2 Å². The van der Waals surface area contributed by atoms with Gasteiger partial charge in [-0.05, 0) is 36.2 Å². The molecule has 130 valence electrons. The number of hydrogen-bond donors (Lipinski definition) is 2. The Balaban J connectivity index is 2.18. The van der Waals surface area contributed by atoms with Crippen molar-refractivity contribution in [1.82, 2.24) is 0 Å². The zero-order chi connectivity index (χ0) is 17.9. The van der Waals surface area contributed by atoms with Crippen molar-refractivity contribution in [3.8, 4) is 6.07 Å². The van der Waals surface area contributed by atoms with Crippen molar-refractivity contribution in [2.45, 2.75) is 59.3 Å². The number of fused-ring (bicyclic) bond motifs is 1. The molecular weight excluding hydrogens is 324 g/mol. The molecule has 0 bridgehead atoms. The highest BCUT2D eigenvalue weighted by Gasteiger charge is 2.34. The van der Waals surface area contributed by atoms with E-state index in [1.54, 1.807) is 0 Å². The summed E-state index contributed by atoms with van der Waals surface area (Å²) in [6.07, 6.45) is 3.71. The van der Waals surface area contributed by atoms with Gasteiger partial charge in [-0.1, -0.05) is 27.2 Å². The number of anilines is 1. The van der Waals surface area contributed by atoms with Gasteiger partial charge in [0.1, 0.15) is 11.1 Å². The molecule has 2 rings (SSSR count). The van der Waals surface area contributed by atoms with Crippen LogP contribution in [0.25, 0.3) is 0 Å². The molecule has 0 aromatic carbocycles. The van der Waals surface area contributed by atoms with Crippen LogP contribution in [-0.2, 0) is 22.4 Å². The maximum Gasteiger partial charge on any atom is 0.303 e. The number of carbonyl (C=O) groups is 2. The molecule has 2 N–H and O–H groups in total. The van der Waals surface area contributed by atoms with Gasteiger partial charge in [-0.2, -0.15) is 5.26 Å². The number of hydrogen-bond acceptors (Lipinski definition) is 4. The summed E-state index contributed by atoms with van der Waals surface area (Å²) in [5.41, 5.74) is 1.89. The first-order chi connectivity index (χ1) is 11.3. The van der Waals surface area contributed by atoms with Crippen molar-refractivity contribution < 1.29 is 14.7 Å². The predicted octanol–water partition coefficient (Wildman–Crippen LogP) is 3.96. The number of amides is 1. The van der Waals surface area contributed by atoms with Crippen LogP contribution in [0.3, 0.4) is 0 Å². The fourth-order valence-electron chi connectivity index (χ4n) is 3.16.